The fourth-order valence-electron chi connectivity index (χ4n) is 3.08. The Hall–Kier alpha value is -0.910. The van der Waals surface area contributed by atoms with Gasteiger partial charge in [0.25, 0.3) is 0 Å². The van der Waals surface area contributed by atoms with Gasteiger partial charge >= 0.3 is 5.97 Å². The summed E-state index contributed by atoms with van der Waals surface area (Å²) < 4.78 is 23.2. The molecule has 1 rings (SSSR count). The zero-order valence-corrected chi connectivity index (χ0v) is 15.7. The first-order valence-electron chi connectivity index (χ1n) is 9.19. The first-order valence-corrected chi connectivity index (χ1v) is 9.19. The Balaban J connectivity index is 2.61. The predicted octanol–water partition coefficient (Wildman–Crippen LogP) is 4.00. The molecular formula is C19H34O5. The first kappa shape index (κ1) is 21.1. The maximum atomic E-state index is 11.1. The minimum Gasteiger partial charge on any atom is -0.463 e. The third-order valence-electron chi connectivity index (χ3n) is 4.13. The fraction of sp³-hybridized carbons (Fsp3) is 0.842. The van der Waals surface area contributed by atoms with Crippen LogP contribution in [0.5, 0.6) is 0 Å². The van der Waals surface area contributed by atoms with Crippen molar-refractivity contribution in [3.8, 4) is 0 Å². The molecule has 0 saturated carbocycles. The van der Waals surface area contributed by atoms with E-state index in [0.717, 1.165) is 32.1 Å². The summed E-state index contributed by atoms with van der Waals surface area (Å²) in [5, 5.41) is 0. The molecule has 140 valence electrons. The summed E-state index contributed by atoms with van der Waals surface area (Å²) in [5.74, 6) is -0.263. The van der Waals surface area contributed by atoms with E-state index in [4.69, 9.17) is 18.9 Å². The van der Waals surface area contributed by atoms with Crippen LogP contribution in [0, 0.1) is 0 Å². The number of carbonyl (C=O) groups is 1. The predicted molar refractivity (Wildman–Crippen MR) is 93.7 cm³/mol. The summed E-state index contributed by atoms with van der Waals surface area (Å²) in [6.45, 7) is 11.8. The van der Waals surface area contributed by atoms with Crippen molar-refractivity contribution >= 4 is 5.97 Å². The summed E-state index contributed by atoms with van der Waals surface area (Å²) in [7, 11) is 0. The molecule has 0 N–H and O–H groups in total. The van der Waals surface area contributed by atoms with E-state index >= 15 is 0 Å². The summed E-state index contributed by atoms with van der Waals surface area (Å²) in [4.78, 5) is 11.1. The van der Waals surface area contributed by atoms with Crippen molar-refractivity contribution < 1.29 is 23.7 Å². The van der Waals surface area contributed by atoms with Crippen LogP contribution in [0.25, 0.3) is 0 Å². The molecule has 1 aliphatic heterocycles. The van der Waals surface area contributed by atoms with Crippen LogP contribution in [-0.4, -0.2) is 43.3 Å². The molecule has 0 aromatic rings. The Bertz CT molecular complexity index is 371. The van der Waals surface area contributed by atoms with Crippen molar-refractivity contribution in [2.45, 2.75) is 96.9 Å². The standard InChI is InChI=1S/C19H34O5/c1-6-9-19-23-16(8-3)12-18(24-19)13-17(21-10-7-2)11-14(4)22-15(5)20/h7,14,16-19H,2,6,8-13H2,1,3-5H3. The Morgan fingerprint density at radius 3 is 2.62 bits per heavy atom. The third-order valence-corrected chi connectivity index (χ3v) is 4.13. The van der Waals surface area contributed by atoms with Gasteiger partial charge < -0.3 is 18.9 Å². The van der Waals surface area contributed by atoms with Crippen LogP contribution in [0.1, 0.15) is 66.2 Å². The van der Waals surface area contributed by atoms with Gasteiger partial charge in [0.2, 0.25) is 0 Å². The van der Waals surface area contributed by atoms with E-state index in [1.165, 1.54) is 6.92 Å². The van der Waals surface area contributed by atoms with Gasteiger partial charge in [0, 0.05) is 26.2 Å². The zero-order valence-electron chi connectivity index (χ0n) is 15.7. The summed E-state index contributed by atoms with van der Waals surface area (Å²) in [6.07, 6.45) is 7.02. The molecule has 1 aliphatic rings. The Kier molecular flexibility index (Phi) is 10.2. The van der Waals surface area contributed by atoms with Gasteiger partial charge in [0.1, 0.15) is 6.10 Å². The van der Waals surface area contributed by atoms with Gasteiger partial charge in [-0.3, -0.25) is 4.79 Å². The summed E-state index contributed by atoms with van der Waals surface area (Å²) in [6, 6.07) is 0. The number of hydrogen-bond acceptors (Lipinski definition) is 5. The van der Waals surface area contributed by atoms with E-state index in [0.29, 0.717) is 13.0 Å². The Morgan fingerprint density at radius 2 is 2.04 bits per heavy atom. The average Bonchev–Trinajstić information content (AvgIpc) is 2.51. The monoisotopic (exact) mass is 342 g/mol. The molecule has 0 radical (unpaired) electrons. The van der Waals surface area contributed by atoms with Crippen LogP contribution in [0.4, 0.5) is 0 Å². The second kappa shape index (κ2) is 11.6. The van der Waals surface area contributed by atoms with Crippen molar-refractivity contribution in [3.05, 3.63) is 12.7 Å². The number of hydrogen-bond donors (Lipinski definition) is 0. The van der Waals surface area contributed by atoms with Crippen molar-refractivity contribution in [2.24, 2.45) is 0 Å². The SMILES string of the molecule is C=CCOC(CC(C)OC(C)=O)CC1CC(CC)OC(CCC)O1. The molecular weight excluding hydrogens is 308 g/mol. The van der Waals surface area contributed by atoms with Crippen LogP contribution in [0.2, 0.25) is 0 Å². The maximum Gasteiger partial charge on any atom is 0.302 e. The first-order chi connectivity index (χ1) is 11.5. The quantitative estimate of drug-likeness (QED) is 0.420. The maximum absolute atomic E-state index is 11.1. The van der Waals surface area contributed by atoms with Crippen LogP contribution < -0.4 is 0 Å². The van der Waals surface area contributed by atoms with E-state index < -0.39 is 0 Å². The second-order valence-corrected chi connectivity index (χ2v) is 6.51. The van der Waals surface area contributed by atoms with Gasteiger partial charge in [-0.05, 0) is 19.8 Å². The molecule has 0 aliphatic carbocycles. The molecule has 0 aromatic heterocycles. The van der Waals surface area contributed by atoms with Gasteiger partial charge in [-0.15, -0.1) is 6.58 Å². The minimum atomic E-state index is -0.263. The molecule has 24 heavy (non-hydrogen) atoms. The van der Waals surface area contributed by atoms with Crippen LogP contribution in [0.3, 0.4) is 0 Å². The highest BCUT2D eigenvalue weighted by molar-refractivity contribution is 5.66. The smallest absolute Gasteiger partial charge is 0.302 e. The van der Waals surface area contributed by atoms with Gasteiger partial charge in [0.05, 0.1) is 24.9 Å². The number of ether oxygens (including phenoxy) is 4. The average molecular weight is 342 g/mol. The topological polar surface area (TPSA) is 54.0 Å². The molecule has 1 fully saturated rings. The number of rotatable bonds is 11. The lowest BCUT2D eigenvalue weighted by Crippen LogP contribution is -2.40. The molecule has 5 heteroatoms. The van der Waals surface area contributed by atoms with Gasteiger partial charge in [0.15, 0.2) is 6.29 Å². The highest BCUT2D eigenvalue weighted by Crippen LogP contribution is 2.27. The van der Waals surface area contributed by atoms with Crippen molar-refractivity contribution in [2.75, 3.05) is 6.61 Å². The Morgan fingerprint density at radius 1 is 1.33 bits per heavy atom. The highest BCUT2D eigenvalue weighted by Gasteiger charge is 2.31. The molecule has 1 saturated heterocycles. The van der Waals surface area contributed by atoms with Gasteiger partial charge in [-0.2, -0.15) is 0 Å². The zero-order chi connectivity index (χ0) is 17.9. The van der Waals surface area contributed by atoms with E-state index in [1.54, 1.807) is 6.08 Å². The summed E-state index contributed by atoms with van der Waals surface area (Å²) in [5.41, 5.74) is 0. The largest absolute Gasteiger partial charge is 0.463 e. The van der Waals surface area contributed by atoms with Gasteiger partial charge in [-0.1, -0.05) is 26.3 Å². The molecule has 0 bridgehead atoms. The molecule has 5 unspecified atom stereocenters. The van der Waals surface area contributed by atoms with Crippen LogP contribution in [-0.2, 0) is 23.7 Å². The number of carbonyl (C=O) groups excluding carboxylic acids is 1. The van der Waals surface area contributed by atoms with Crippen molar-refractivity contribution in [1.82, 2.24) is 0 Å². The molecule has 5 nitrogen and oxygen atoms in total. The van der Waals surface area contributed by atoms with Gasteiger partial charge in [-0.25, -0.2) is 0 Å². The Labute approximate surface area is 146 Å². The molecule has 5 atom stereocenters. The summed E-state index contributed by atoms with van der Waals surface area (Å²) >= 11 is 0. The van der Waals surface area contributed by atoms with E-state index in [1.807, 2.05) is 6.92 Å². The normalized spacial score (nSPS) is 26.6. The van der Waals surface area contributed by atoms with E-state index in [2.05, 4.69) is 20.4 Å². The van der Waals surface area contributed by atoms with Crippen molar-refractivity contribution in [3.63, 3.8) is 0 Å². The van der Waals surface area contributed by atoms with Crippen LogP contribution in [0.15, 0.2) is 12.7 Å². The second-order valence-electron chi connectivity index (χ2n) is 6.51. The third kappa shape index (κ3) is 8.27. The lowest BCUT2D eigenvalue weighted by atomic mass is 9.99. The highest BCUT2D eigenvalue weighted by atomic mass is 16.7. The lowest BCUT2D eigenvalue weighted by Gasteiger charge is -2.37. The fourth-order valence-corrected chi connectivity index (χ4v) is 3.08. The van der Waals surface area contributed by atoms with E-state index in [-0.39, 0.29) is 36.7 Å². The molecule has 0 spiro atoms. The van der Waals surface area contributed by atoms with Crippen molar-refractivity contribution in [1.29, 1.82) is 0 Å². The molecule has 0 amide bonds. The van der Waals surface area contributed by atoms with Crippen LogP contribution >= 0.6 is 0 Å². The number of esters is 1. The minimum absolute atomic E-state index is 0.0276. The van der Waals surface area contributed by atoms with E-state index in [9.17, 15) is 4.79 Å². The molecule has 0 aromatic carbocycles. The lowest BCUT2D eigenvalue weighted by molar-refractivity contribution is -0.250. The molecule has 1 heterocycles.